The molecule has 5 rings (SSSR count). The molecule has 0 saturated heterocycles. The lowest BCUT2D eigenvalue weighted by atomic mass is 10.1. The highest BCUT2D eigenvalue weighted by atomic mass is 19.4. The maximum Gasteiger partial charge on any atom is 0.490 e. The Bertz CT molecular complexity index is 1550. The average molecular weight is 639 g/mol. The SMILES string of the molecule is O=C(NCc1ccccn1)c1cc(-c2cnc(-c3cccnc3)nc2)cn1CC1CC1.O=C(O)C(F)(F)F.O=C(O)C(F)(F)F. The Balaban J connectivity index is 0.000000331. The van der Waals surface area contributed by atoms with Crippen LogP contribution in [0.15, 0.2) is 73.6 Å². The first-order valence-corrected chi connectivity index (χ1v) is 12.9. The van der Waals surface area contributed by atoms with Crippen molar-refractivity contribution in [2.24, 2.45) is 5.92 Å². The van der Waals surface area contributed by atoms with Gasteiger partial charge in [-0.3, -0.25) is 14.8 Å². The third-order valence-corrected chi connectivity index (χ3v) is 5.83. The summed E-state index contributed by atoms with van der Waals surface area (Å²) in [6.07, 6.45) is 3.06. The number of carboxylic acid groups (broad SMARTS) is 2. The van der Waals surface area contributed by atoms with Crippen molar-refractivity contribution in [2.75, 3.05) is 0 Å². The van der Waals surface area contributed by atoms with Crippen molar-refractivity contribution in [3.8, 4) is 22.5 Å². The third kappa shape index (κ3) is 11.0. The van der Waals surface area contributed by atoms with E-state index in [2.05, 4.69) is 29.8 Å². The number of halogens is 6. The molecule has 4 aromatic rings. The van der Waals surface area contributed by atoms with Gasteiger partial charge in [-0.1, -0.05) is 6.07 Å². The van der Waals surface area contributed by atoms with Crippen molar-refractivity contribution >= 4 is 17.8 Å². The van der Waals surface area contributed by atoms with Crippen LogP contribution in [0.25, 0.3) is 22.5 Å². The van der Waals surface area contributed by atoms with E-state index in [4.69, 9.17) is 19.8 Å². The first-order valence-electron chi connectivity index (χ1n) is 12.9. The van der Waals surface area contributed by atoms with Gasteiger partial charge in [0.15, 0.2) is 5.82 Å². The van der Waals surface area contributed by atoms with Gasteiger partial charge >= 0.3 is 24.3 Å². The van der Waals surface area contributed by atoms with Crippen molar-refractivity contribution in [1.29, 1.82) is 0 Å². The molecule has 1 amide bonds. The van der Waals surface area contributed by atoms with Gasteiger partial charge in [0, 0.05) is 60.4 Å². The van der Waals surface area contributed by atoms with E-state index in [1.165, 1.54) is 12.8 Å². The van der Waals surface area contributed by atoms with Crippen LogP contribution in [0.5, 0.6) is 0 Å². The molecule has 45 heavy (non-hydrogen) atoms. The molecule has 17 heteroatoms. The molecule has 0 atom stereocenters. The van der Waals surface area contributed by atoms with E-state index in [0.29, 0.717) is 24.0 Å². The number of aromatic nitrogens is 5. The number of hydrogen-bond donors (Lipinski definition) is 3. The highest BCUT2D eigenvalue weighted by molar-refractivity contribution is 5.94. The van der Waals surface area contributed by atoms with Crippen LogP contribution in [-0.4, -0.2) is 64.9 Å². The van der Waals surface area contributed by atoms with Crippen LogP contribution in [0.4, 0.5) is 26.3 Å². The monoisotopic (exact) mass is 638 g/mol. The number of rotatable bonds is 7. The van der Waals surface area contributed by atoms with Gasteiger partial charge < -0.3 is 20.1 Å². The number of nitrogens with zero attached hydrogens (tertiary/aromatic N) is 5. The topological polar surface area (TPSA) is 160 Å². The maximum absolute atomic E-state index is 12.9. The molecule has 0 spiro atoms. The molecule has 4 heterocycles. The lowest BCUT2D eigenvalue weighted by molar-refractivity contribution is -0.193. The lowest BCUT2D eigenvalue weighted by Crippen LogP contribution is -2.26. The molecular weight excluding hydrogens is 614 g/mol. The Hall–Kier alpha value is -5.35. The summed E-state index contributed by atoms with van der Waals surface area (Å²) in [4.78, 5) is 48.1. The fraction of sp³-hybridized carbons (Fsp3) is 0.250. The van der Waals surface area contributed by atoms with Crippen molar-refractivity contribution < 1.29 is 50.9 Å². The third-order valence-electron chi connectivity index (χ3n) is 5.83. The second-order valence-electron chi connectivity index (χ2n) is 9.36. The molecule has 0 unspecified atom stereocenters. The molecule has 1 aliphatic rings. The van der Waals surface area contributed by atoms with Crippen LogP contribution in [0.1, 0.15) is 29.0 Å². The van der Waals surface area contributed by atoms with Gasteiger partial charge in [-0.2, -0.15) is 26.3 Å². The van der Waals surface area contributed by atoms with Crippen LogP contribution >= 0.6 is 0 Å². The molecule has 3 N–H and O–H groups in total. The minimum absolute atomic E-state index is 0.106. The second-order valence-corrected chi connectivity index (χ2v) is 9.36. The maximum atomic E-state index is 12.9. The van der Waals surface area contributed by atoms with Crippen molar-refractivity contribution in [1.82, 2.24) is 29.8 Å². The minimum Gasteiger partial charge on any atom is -0.475 e. The first-order chi connectivity index (χ1) is 21.1. The number of alkyl halides is 6. The van der Waals surface area contributed by atoms with Gasteiger partial charge in [0.2, 0.25) is 0 Å². The Morgan fingerprint density at radius 1 is 0.822 bits per heavy atom. The van der Waals surface area contributed by atoms with Crippen LogP contribution < -0.4 is 5.32 Å². The van der Waals surface area contributed by atoms with E-state index in [1.807, 2.05) is 42.6 Å². The molecule has 1 aliphatic carbocycles. The number of carbonyl (C=O) groups excluding carboxylic acids is 1. The van der Waals surface area contributed by atoms with E-state index < -0.39 is 24.3 Å². The lowest BCUT2D eigenvalue weighted by Gasteiger charge is -2.09. The molecule has 11 nitrogen and oxygen atoms in total. The van der Waals surface area contributed by atoms with Crippen molar-refractivity contribution in [3.63, 3.8) is 0 Å². The van der Waals surface area contributed by atoms with Crippen molar-refractivity contribution in [2.45, 2.75) is 38.3 Å². The molecule has 0 aromatic carbocycles. The van der Waals surface area contributed by atoms with E-state index in [0.717, 1.165) is 28.9 Å². The summed E-state index contributed by atoms with van der Waals surface area (Å²) in [5.74, 6) is -4.35. The first kappa shape index (κ1) is 34.1. The minimum atomic E-state index is -5.08. The highest BCUT2D eigenvalue weighted by Crippen LogP contribution is 2.32. The Morgan fingerprint density at radius 3 is 1.93 bits per heavy atom. The quantitative estimate of drug-likeness (QED) is 0.237. The number of carbonyl (C=O) groups is 3. The molecule has 4 aromatic heterocycles. The highest BCUT2D eigenvalue weighted by Gasteiger charge is 2.38. The van der Waals surface area contributed by atoms with Crippen LogP contribution in [0.2, 0.25) is 0 Å². The number of carboxylic acids is 2. The summed E-state index contributed by atoms with van der Waals surface area (Å²) in [7, 11) is 0. The fourth-order valence-corrected chi connectivity index (χ4v) is 3.47. The molecule has 1 fully saturated rings. The second kappa shape index (κ2) is 14.9. The molecule has 1 saturated carbocycles. The average Bonchev–Trinajstić information content (AvgIpc) is 3.72. The summed E-state index contributed by atoms with van der Waals surface area (Å²) >= 11 is 0. The number of amides is 1. The summed E-state index contributed by atoms with van der Waals surface area (Å²) in [5, 5.41) is 17.2. The van der Waals surface area contributed by atoms with Gasteiger partial charge in [-0.15, -0.1) is 0 Å². The summed E-state index contributed by atoms with van der Waals surface area (Å²) in [5.41, 5.74) is 4.15. The Labute approximate surface area is 250 Å². The van der Waals surface area contributed by atoms with Crippen LogP contribution in [-0.2, 0) is 22.7 Å². The predicted octanol–water partition coefficient (Wildman–Crippen LogP) is 5.01. The van der Waals surface area contributed by atoms with Crippen LogP contribution in [0, 0.1) is 5.92 Å². The normalized spacial score (nSPS) is 12.6. The van der Waals surface area contributed by atoms with Crippen molar-refractivity contribution in [3.05, 3.63) is 85.0 Å². The zero-order valence-corrected chi connectivity index (χ0v) is 23.0. The summed E-state index contributed by atoms with van der Waals surface area (Å²) in [6.45, 7) is 1.24. The molecular formula is C28H24F6N6O5. The largest absolute Gasteiger partial charge is 0.490 e. The fourth-order valence-electron chi connectivity index (χ4n) is 3.47. The number of pyridine rings is 2. The Morgan fingerprint density at radius 2 is 1.44 bits per heavy atom. The molecule has 238 valence electrons. The van der Waals surface area contributed by atoms with Gasteiger partial charge in [0.25, 0.3) is 5.91 Å². The summed E-state index contributed by atoms with van der Waals surface area (Å²) in [6, 6.07) is 11.4. The predicted molar refractivity (Wildman–Crippen MR) is 144 cm³/mol. The van der Waals surface area contributed by atoms with E-state index in [9.17, 15) is 31.1 Å². The van der Waals surface area contributed by atoms with E-state index in [1.54, 1.807) is 31.0 Å². The standard InChI is InChI=1S/C24H22N6O.2C2HF3O2/c31-24(29-14-21-5-1-2-9-26-21)22-10-19(16-30(22)15-17-6-7-17)20-12-27-23(28-13-20)18-4-3-8-25-11-18;2*3-2(4,5)1(6)7/h1-5,8-13,16-17H,6-7,14-15H2,(H,29,31);2*(H,6,7). The number of aliphatic carboxylic acids is 2. The number of nitrogens with one attached hydrogen (secondary N) is 1. The number of hydrogen-bond acceptors (Lipinski definition) is 7. The van der Waals surface area contributed by atoms with Gasteiger partial charge in [0.05, 0.1) is 12.2 Å². The van der Waals surface area contributed by atoms with E-state index >= 15 is 0 Å². The van der Waals surface area contributed by atoms with E-state index in [-0.39, 0.29) is 5.91 Å². The molecule has 0 bridgehead atoms. The molecule has 0 radical (unpaired) electrons. The van der Waals surface area contributed by atoms with Gasteiger partial charge in [-0.05, 0) is 49.1 Å². The zero-order valence-electron chi connectivity index (χ0n) is 23.0. The Kier molecular flexibility index (Phi) is 11.3. The summed E-state index contributed by atoms with van der Waals surface area (Å²) < 4.78 is 65.5. The molecule has 0 aliphatic heterocycles. The smallest absolute Gasteiger partial charge is 0.475 e. The zero-order chi connectivity index (χ0) is 33.2. The van der Waals surface area contributed by atoms with Crippen LogP contribution in [0.3, 0.4) is 0 Å². The van der Waals surface area contributed by atoms with Gasteiger partial charge in [0.1, 0.15) is 5.69 Å². The van der Waals surface area contributed by atoms with Gasteiger partial charge in [-0.25, -0.2) is 19.6 Å².